The quantitative estimate of drug-likeness (QED) is 0.298. The number of hydrogen-bond donors (Lipinski definition) is 0. The lowest BCUT2D eigenvalue weighted by molar-refractivity contribution is 0.112. The summed E-state index contributed by atoms with van der Waals surface area (Å²) in [5.41, 5.74) is 6.47. The summed E-state index contributed by atoms with van der Waals surface area (Å²) in [5, 5.41) is 2.10. The molecule has 3 aromatic carbocycles. The zero-order valence-electron chi connectivity index (χ0n) is 16.4. The van der Waals surface area contributed by atoms with E-state index in [0.717, 1.165) is 36.2 Å². The number of carbonyl (C=O) groups excluding carboxylic acids is 1. The van der Waals surface area contributed by atoms with Crippen LogP contribution in [0, 0.1) is 0 Å². The lowest BCUT2D eigenvalue weighted by Crippen LogP contribution is -2.10. The van der Waals surface area contributed by atoms with Crippen LogP contribution in [0.1, 0.15) is 29.3 Å². The smallest absolute Gasteiger partial charge is 0.150 e. The number of anilines is 3. The first-order valence-corrected chi connectivity index (χ1v) is 10.7. The van der Waals surface area contributed by atoms with Crippen molar-refractivity contribution < 1.29 is 4.79 Å². The molecule has 0 bridgehead atoms. The van der Waals surface area contributed by atoms with Crippen molar-refractivity contribution >= 4 is 34.7 Å². The molecule has 3 heteroatoms. The van der Waals surface area contributed by atoms with Crippen LogP contribution in [-0.2, 0) is 6.42 Å². The zero-order chi connectivity index (χ0) is 20.1. The predicted molar refractivity (Wildman–Crippen MR) is 124 cm³/mol. The standard InChI is InChI=1S/C26H23NOS/c1-2-4-20-6-12-23(13-7-20)27(24-14-8-21(19-28)9-15-24)25-16-10-22(11-17-25)26-5-3-18-29-26/h3,5-19H,2,4H2,1H3. The minimum atomic E-state index is 0.681. The second kappa shape index (κ2) is 8.89. The number of benzene rings is 3. The van der Waals surface area contributed by atoms with Gasteiger partial charge in [-0.2, -0.15) is 0 Å². The van der Waals surface area contributed by atoms with Gasteiger partial charge in [-0.15, -0.1) is 11.3 Å². The second-order valence-electron chi connectivity index (χ2n) is 6.99. The van der Waals surface area contributed by atoms with Gasteiger partial charge in [0.25, 0.3) is 0 Å². The van der Waals surface area contributed by atoms with Crippen LogP contribution in [0.3, 0.4) is 0 Å². The Bertz CT molecular complexity index is 1050. The number of thiophene rings is 1. The van der Waals surface area contributed by atoms with Crippen molar-refractivity contribution in [1.82, 2.24) is 0 Å². The first kappa shape index (κ1) is 19.2. The molecule has 0 aliphatic carbocycles. The fourth-order valence-electron chi connectivity index (χ4n) is 3.47. The van der Waals surface area contributed by atoms with E-state index in [1.165, 1.54) is 16.0 Å². The van der Waals surface area contributed by atoms with Crippen LogP contribution >= 0.6 is 11.3 Å². The normalized spacial score (nSPS) is 10.7. The maximum absolute atomic E-state index is 11.1. The third-order valence-electron chi connectivity index (χ3n) is 4.95. The fraction of sp³-hybridized carbons (Fsp3) is 0.115. The molecule has 0 N–H and O–H groups in total. The van der Waals surface area contributed by atoms with Gasteiger partial charge >= 0.3 is 0 Å². The van der Waals surface area contributed by atoms with Crippen LogP contribution < -0.4 is 4.90 Å². The van der Waals surface area contributed by atoms with Gasteiger partial charge in [-0.3, -0.25) is 4.79 Å². The van der Waals surface area contributed by atoms with E-state index in [1.54, 1.807) is 11.3 Å². The topological polar surface area (TPSA) is 20.3 Å². The molecule has 0 aliphatic heterocycles. The highest BCUT2D eigenvalue weighted by Gasteiger charge is 2.13. The van der Waals surface area contributed by atoms with E-state index in [9.17, 15) is 4.79 Å². The molecule has 4 rings (SSSR count). The van der Waals surface area contributed by atoms with Gasteiger partial charge in [0.15, 0.2) is 0 Å². The Labute approximate surface area is 176 Å². The lowest BCUT2D eigenvalue weighted by atomic mass is 10.1. The van der Waals surface area contributed by atoms with Crippen molar-refractivity contribution in [2.24, 2.45) is 0 Å². The van der Waals surface area contributed by atoms with Crippen molar-refractivity contribution in [1.29, 1.82) is 0 Å². The van der Waals surface area contributed by atoms with Gasteiger partial charge in [-0.05, 0) is 77.5 Å². The highest BCUT2D eigenvalue weighted by Crippen LogP contribution is 2.36. The molecule has 2 nitrogen and oxygen atoms in total. The molecule has 0 saturated carbocycles. The van der Waals surface area contributed by atoms with Gasteiger partial charge < -0.3 is 4.90 Å². The van der Waals surface area contributed by atoms with E-state index in [0.29, 0.717) is 5.56 Å². The van der Waals surface area contributed by atoms with E-state index in [1.807, 2.05) is 24.3 Å². The highest BCUT2D eigenvalue weighted by molar-refractivity contribution is 7.13. The van der Waals surface area contributed by atoms with Gasteiger partial charge in [0.2, 0.25) is 0 Å². The highest BCUT2D eigenvalue weighted by atomic mass is 32.1. The van der Waals surface area contributed by atoms with Crippen LogP contribution in [0.15, 0.2) is 90.3 Å². The maximum atomic E-state index is 11.1. The Hall–Kier alpha value is -3.17. The van der Waals surface area contributed by atoms with Crippen molar-refractivity contribution in [3.63, 3.8) is 0 Å². The van der Waals surface area contributed by atoms with E-state index < -0.39 is 0 Å². The Morgan fingerprint density at radius 1 is 0.793 bits per heavy atom. The molecule has 1 heterocycles. The van der Waals surface area contributed by atoms with Crippen molar-refractivity contribution in [3.8, 4) is 10.4 Å². The first-order valence-electron chi connectivity index (χ1n) is 9.87. The summed E-state index contributed by atoms with van der Waals surface area (Å²) in [6.45, 7) is 2.20. The van der Waals surface area contributed by atoms with Crippen molar-refractivity contribution in [2.75, 3.05) is 4.90 Å². The molecule has 0 amide bonds. The first-order chi connectivity index (χ1) is 14.3. The maximum Gasteiger partial charge on any atom is 0.150 e. The number of carbonyl (C=O) groups is 1. The van der Waals surface area contributed by atoms with Crippen LogP contribution in [0.5, 0.6) is 0 Å². The summed E-state index contributed by atoms with van der Waals surface area (Å²) in [7, 11) is 0. The minimum Gasteiger partial charge on any atom is -0.311 e. The zero-order valence-corrected chi connectivity index (χ0v) is 17.2. The molecule has 0 aliphatic rings. The summed E-state index contributed by atoms with van der Waals surface area (Å²) >= 11 is 1.75. The van der Waals surface area contributed by atoms with Gasteiger partial charge in [0, 0.05) is 27.5 Å². The van der Waals surface area contributed by atoms with Crippen molar-refractivity contribution in [2.45, 2.75) is 19.8 Å². The molecule has 0 radical (unpaired) electrons. The van der Waals surface area contributed by atoms with Crippen LogP contribution in [0.2, 0.25) is 0 Å². The van der Waals surface area contributed by atoms with E-state index in [4.69, 9.17) is 0 Å². The van der Waals surface area contributed by atoms with Gasteiger partial charge in [0.05, 0.1) is 0 Å². The molecule has 29 heavy (non-hydrogen) atoms. The largest absolute Gasteiger partial charge is 0.311 e. The Kier molecular flexibility index (Phi) is 5.87. The minimum absolute atomic E-state index is 0.681. The summed E-state index contributed by atoms with van der Waals surface area (Å²) in [6.07, 6.45) is 3.10. The van der Waals surface area contributed by atoms with Crippen LogP contribution in [0.4, 0.5) is 17.1 Å². The van der Waals surface area contributed by atoms with Gasteiger partial charge in [-0.25, -0.2) is 0 Å². The van der Waals surface area contributed by atoms with Crippen LogP contribution in [0.25, 0.3) is 10.4 Å². The molecule has 4 aromatic rings. The molecule has 0 fully saturated rings. The average Bonchev–Trinajstić information content (AvgIpc) is 3.31. The molecule has 0 spiro atoms. The van der Waals surface area contributed by atoms with Crippen LogP contribution in [-0.4, -0.2) is 6.29 Å². The molecule has 0 saturated heterocycles. The summed E-state index contributed by atoms with van der Waals surface area (Å²) < 4.78 is 0. The molecular weight excluding hydrogens is 374 g/mol. The SMILES string of the molecule is CCCc1ccc(N(c2ccc(C=O)cc2)c2ccc(-c3cccs3)cc2)cc1. The summed E-state index contributed by atoms with van der Waals surface area (Å²) in [6, 6.07) is 29.3. The predicted octanol–water partition coefficient (Wildman–Crippen LogP) is 7.65. The number of hydrogen-bond acceptors (Lipinski definition) is 3. The van der Waals surface area contributed by atoms with Gasteiger partial charge in [0.1, 0.15) is 6.29 Å². The summed E-state index contributed by atoms with van der Waals surface area (Å²) in [4.78, 5) is 14.6. The second-order valence-corrected chi connectivity index (χ2v) is 7.93. The third-order valence-corrected chi connectivity index (χ3v) is 5.87. The Morgan fingerprint density at radius 2 is 1.38 bits per heavy atom. The molecule has 144 valence electrons. The third kappa shape index (κ3) is 4.30. The Balaban J connectivity index is 1.73. The molecule has 1 aromatic heterocycles. The summed E-state index contributed by atoms with van der Waals surface area (Å²) in [5.74, 6) is 0. The fourth-order valence-corrected chi connectivity index (χ4v) is 4.20. The number of nitrogens with zero attached hydrogens (tertiary/aromatic N) is 1. The molecule has 0 atom stereocenters. The Morgan fingerprint density at radius 3 is 1.90 bits per heavy atom. The van der Waals surface area contributed by atoms with E-state index >= 15 is 0 Å². The molecular formula is C26H23NOS. The number of rotatable bonds is 7. The lowest BCUT2D eigenvalue weighted by Gasteiger charge is -2.26. The van der Waals surface area contributed by atoms with E-state index in [-0.39, 0.29) is 0 Å². The number of aldehydes is 1. The molecule has 0 unspecified atom stereocenters. The monoisotopic (exact) mass is 397 g/mol. The van der Waals surface area contributed by atoms with E-state index in [2.05, 4.69) is 77.9 Å². The van der Waals surface area contributed by atoms with Gasteiger partial charge in [-0.1, -0.05) is 43.7 Å². The average molecular weight is 398 g/mol. The number of aryl methyl sites for hydroxylation is 1. The van der Waals surface area contributed by atoms with Crippen molar-refractivity contribution in [3.05, 3.63) is 101 Å².